The molecule has 0 fully saturated rings. The van der Waals surface area contributed by atoms with E-state index in [1.807, 2.05) is 35.3 Å². The van der Waals surface area contributed by atoms with E-state index in [1.165, 1.54) is 5.57 Å². The van der Waals surface area contributed by atoms with E-state index in [1.54, 1.807) is 0 Å². The molecule has 0 spiro atoms. The van der Waals surface area contributed by atoms with Crippen LogP contribution in [0.4, 0.5) is 0 Å². The Morgan fingerprint density at radius 1 is 0.774 bits per heavy atom. The molecule has 0 N–H and O–H groups in total. The zero-order chi connectivity index (χ0) is 21.5. The summed E-state index contributed by atoms with van der Waals surface area (Å²) >= 11 is 0. The summed E-state index contributed by atoms with van der Waals surface area (Å²) in [4.78, 5) is 4.62. The summed E-state index contributed by atoms with van der Waals surface area (Å²) in [5, 5.41) is 4.93. The van der Waals surface area contributed by atoms with E-state index >= 15 is 0 Å². The van der Waals surface area contributed by atoms with Gasteiger partial charge in [0.15, 0.2) is 5.82 Å². The number of nitrogens with zero attached hydrogens (tertiary/aromatic N) is 3. The molecule has 0 bridgehead atoms. The molecule has 4 aromatic rings. The second-order valence-corrected chi connectivity index (χ2v) is 7.46. The summed E-state index contributed by atoms with van der Waals surface area (Å²) in [6, 6.07) is 31.5. The van der Waals surface area contributed by atoms with Crippen molar-refractivity contribution in [1.29, 1.82) is 0 Å². The second kappa shape index (κ2) is 9.42. The Morgan fingerprint density at radius 3 is 1.65 bits per heavy atom. The highest BCUT2D eigenvalue weighted by molar-refractivity contribution is 5.50. The van der Waals surface area contributed by atoms with E-state index in [4.69, 9.17) is 5.10 Å². The fraction of sp³-hybridized carbons (Fsp3) is 0.179. The van der Waals surface area contributed by atoms with Gasteiger partial charge in [0, 0.05) is 6.08 Å². The van der Waals surface area contributed by atoms with Crippen LogP contribution in [0, 0.1) is 0 Å². The predicted molar refractivity (Wildman–Crippen MR) is 127 cm³/mol. The van der Waals surface area contributed by atoms with Crippen LogP contribution in [0.2, 0.25) is 0 Å². The predicted octanol–water partition coefficient (Wildman–Crippen LogP) is 6.48. The molecule has 0 aliphatic carbocycles. The minimum absolute atomic E-state index is 0.634. The SMILES string of the molecule is CCC(=C=Cc1ncn(C(c2ccccc2)(c2ccccc2)c2ccccc2)n1)CC. The van der Waals surface area contributed by atoms with Gasteiger partial charge in [-0.1, -0.05) is 105 Å². The van der Waals surface area contributed by atoms with Crippen molar-refractivity contribution in [2.75, 3.05) is 0 Å². The maximum atomic E-state index is 4.93. The lowest BCUT2D eigenvalue weighted by Gasteiger charge is -2.35. The van der Waals surface area contributed by atoms with Crippen molar-refractivity contribution in [1.82, 2.24) is 14.8 Å². The van der Waals surface area contributed by atoms with E-state index in [9.17, 15) is 0 Å². The summed E-state index contributed by atoms with van der Waals surface area (Å²) < 4.78 is 1.98. The van der Waals surface area contributed by atoms with Gasteiger partial charge >= 0.3 is 0 Å². The average Bonchev–Trinajstić information content (AvgIpc) is 3.32. The van der Waals surface area contributed by atoms with Crippen molar-refractivity contribution in [3.05, 3.63) is 131 Å². The maximum Gasteiger partial charge on any atom is 0.181 e. The lowest BCUT2D eigenvalue weighted by Crippen LogP contribution is -2.38. The molecular formula is C28H27N3. The van der Waals surface area contributed by atoms with Gasteiger partial charge in [0.2, 0.25) is 0 Å². The normalized spacial score (nSPS) is 11.0. The van der Waals surface area contributed by atoms with Crippen molar-refractivity contribution in [2.45, 2.75) is 32.2 Å². The fourth-order valence-corrected chi connectivity index (χ4v) is 4.06. The number of allylic oxidation sites excluding steroid dienone is 1. The summed E-state index contributed by atoms with van der Waals surface area (Å²) in [6.07, 6.45) is 5.69. The lowest BCUT2D eigenvalue weighted by atomic mass is 9.77. The Kier molecular flexibility index (Phi) is 6.26. The van der Waals surface area contributed by atoms with Crippen LogP contribution in [-0.4, -0.2) is 14.8 Å². The minimum Gasteiger partial charge on any atom is -0.233 e. The topological polar surface area (TPSA) is 30.7 Å². The Hall–Kier alpha value is -3.68. The second-order valence-electron chi connectivity index (χ2n) is 7.46. The van der Waals surface area contributed by atoms with Gasteiger partial charge in [0.1, 0.15) is 11.9 Å². The molecule has 1 aromatic heterocycles. The van der Waals surface area contributed by atoms with Crippen LogP contribution in [0.25, 0.3) is 6.08 Å². The van der Waals surface area contributed by atoms with E-state index in [0.29, 0.717) is 5.82 Å². The molecule has 0 aliphatic rings. The van der Waals surface area contributed by atoms with Gasteiger partial charge in [-0.25, -0.2) is 9.67 Å². The first kappa shape index (κ1) is 20.6. The summed E-state index contributed by atoms with van der Waals surface area (Å²) in [6.45, 7) is 4.30. The Bertz CT molecular complexity index is 1070. The molecule has 0 saturated carbocycles. The third-order valence-electron chi connectivity index (χ3n) is 5.69. The standard InChI is InChI=1S/C28H27N3/c1-3-23(4-2)20-21-27-29-22-31(30-27)28(24-14-8-5-9-15-24,25-16-10-6-11-17-25)26-18-12-7-13-19-26/h5-19,21-22H,3-4H2,1-2H3. The molecule has 3 heteroatoms. The summed E-state index contributed by atoms with van der Waals surface area (Å²) in [5.74, 6) is 0.659. The summed E-state index contributed by atoms with van der Waals surface area (Å²) in [5.41, 5.74) is 7.39. The van der Waals surface area contributed by atoms with E-state index in [-0.39, 0.29) is 0 Å². The molecule has 154 valence electrons. The minimum atomic E-state index is -0.634. The Labute approximate surface area is 184 Å². The van der Waals surface area contributed by atoms with Gasteiger partial charge in [-0.2, -0.15) is 0 Å². The third-order valence-corrected chi connectivity index (χ3v) is 5.69. The zero-order valence-electron chi connectivity index (χ0n) is 18.1. The molecule has 1 heterocycles. The smallest absolute Gasteiger partial charge is 0.181 e. The summed E-state index contributed by atoms with van der Waals surface area (Å²) in [7, 11) is 0. The maximum absolute atomic E-state index is 4.93. The molecule has 31 heavy (non-hydrogen) atoms. The highest BCUT2D eigenvalue weighted by atomic mass is 15.4. The van der Waals surface area contributed by atoms with Crippen LogP contribution < -0.4 is 0 Å². The first-order valence-corrected chi connectivity index (χ1v) is 10.8. The number of hydrogen-bond donors (Lipinski definition) is 0. The molecule has 0 aliphatic heterocycles. The van der Waals surface area contributed by atoms with Gasteiger partial charge in [0.25, 0.3) is 0 Å². The fourth-order valence-electron chi connectivity index (χ4n) is 4.06. The molecule has 0 radical (unpaired) electrons. The first-order valence-electron chi connectivity index (χ1n) is 10.8. The molecule has 3 nitrogen and oxygen atoms in total. The molecule has 0 amide bonds. The molecular weight excluding hydrogens is 378 g/mol. The number of rotatable bonds is 7. The Morgan fingerprint density at radius 2 is 1.23 bits per heavy atom. The number of benzene rings is 3. The molecule has 3 aromatic carbocycles. The van der Waals surface area contributed by atoms with Crippen LogP contribution in [0.1, 0.15) is 49.2 Å². The molecule has 0 unspecified atom stereocenters. The number of aromatic nitrogens is 3. The number of hydrogen-bond acceptors (Lipinski definition) is 2. The van der Waals surface area contributed by atoms with Crippen molar-refractivity contribution in [3.8, 4) is 0 Å². The molecule has 0 atom stereocenters. The van der Waals surface area contributed by atoms with Crippen molar-refractivity contribution in [2.24, 2.45) is 0 Å². The van der Waals surface area contributed by atoms with Crippen molar-refractivity contribution in [3.63, 3.8) is 0 Å². The van der Waals surface area contributed by atoms with Gasteiger partial charge in [-0.3, -0.25) is 0 Å². The largest absolute Gasteiger partial charge is 0.233 e. The lowest BCUT2D eigenvalue weighted by molar-refractivity contribution is 0.458. The molecule has 4 rings (SSSR count). The van der Waals surface area contributed by atoms with Crippen LogP contribution in [0.3, 0.4) is 0 Å². The van der Waals surface area contributed by atoms with Crippen LogP contribution in [0.5, 0.6) is 0 Å². The van der Waals surface area contributed by atoms with Gasteiger partial charge in [0.05, 0.1) is 0 Å². The van der Waals surface area contributed by atoms with Crippen LogP contribution in [-0.2, 0) is 5.54 Å². The third kappa shape index (κ3) is 4.01. The quantitative estimate of drug-likeness (QED) is 0.260. The van der Waals surface area contributed by atoms with Gasteiger partial charge in [-0.05, 0) is 35.1 Å². The van der Waals surface area contributed by atoms with Gasteiger partial charge in [-0.15, -0.1) is 10.8 Å². The first-order chi connectivity index (χ1) is 15.3. The zero-order valence-corrected chi connectivity index (χ0v) is 18.1. The van der Waals surface area contributed by atoms with E-state index in [0.717, 1.165) is 29.5 Å². The van der Waals surface area contributed by atoms with E-state index < -0.39 is 5.54 Å². The van der Waals surface area contributed by atoms with Crippen LogP contribution in [0.15, 0.2) is 109 Å². The van der Waals surface area contributed by atoms with Crippen molar-refractivity contribution < 1.29 is 0 Å². The Balaban J connectivity index is 1.99. The highest BCUT2D eigenvalue weighted by Gasteiger charge is 2.39. The monoisotopic (exact) mass is 405 g/mol. The van der Waals surface area contributed by atoms with Gasteiger partial charge < -0.3 is 0 Å². The van der Waals surface area contributed by atoms with E-state index in [2.05, 4.69) is 97.4 Å². The van der Waals surface area contributed by atoms with Crippen LogP contribution >= 0.6 is 0 Å². The average molecular weight is 406 g/mol. The highest BCUT2D eigenvalue weighted by Crippen LogP contribution is 2.40. The molecule has 0 saturated heterocycles. The van der Waals surface area contributed by atoms with Crippen molar-refractivity contribution >= 4 is 6.08 Å².